The van der Waals surface area contributed by atoms with Gasteiger partial charge >= 0.3 is 0 Å². The second kappa shape index (κ2) is 3.44. The van der Waals surface area contributed by atoms with E-state index in [-0.39, 0.29) is 11.5 Å². The molecular formula is C7H7BrN2O2. The quantitative estimate of drug-likeness (QED) is 0.293. The monoisotopic (exact) mass is 230 g/mol. The van der Waals surface area contributed by atoms with Crippen molar-refractivity contribution >= 4 is 22.1 Å². The summed E-state index contributed by atoms with van der Waals surface area (Å²) in [7, 11) is 0. The molecule has 4 nitrogen and oxygen atoms in total. The van der Waals surface area contributed by atoms with Gasteiger partial charge < -0.3 is 16.1 Å². The van der Waals surface area contributed by atoms with Crippen LogP contribution in [0.5, 0.6) is 11.5 Å². The summed E-state index contributed by atoms with van der Waals surface area (Å²) in [4.78, 5) is 0. The smallest absolute Gasteiger partial charge is 0.172 e. The lowest BCUT2D eigenvalue weighted by atomic mass is 10.2. The number of nitrogens with zero attached hydrogens (tertiary/aromatic N) is 1. The van der Waals surface area contributed by atoms with Gasteiger partial charge in [0.1, 0.15) is 0 Å². The van der Waals surface area contributed by atoms with Gasteiger partial charge in [0.2, 0.25) is 0 Å². The number of nitrogens with two attached hydrogens (primary N) is 1. The van der Waals surface area contributed by atoms with Crippen LogP contribution in [0.2, 0.25) is 0 Å². The van der Waals surface area contributed by atoms with Gasteiger partial charge in [0, 0.05) is 5.56 Å². The number of benzene rings is 1. The van der Waals surface area contributed by atoms with E-state index >= 15 is 0 Å². The maximum atomic E-state index is 9.28. The van der Waals surface area contributed by atoms with Crippen molar-refractivity contribution in [3.8, 4) is 11.5 Å². The average Bonchev–Trinajstić information content (AvgIpc) is 2.07. The molecule has 0 aliphatic heterocycles. The van der Waals surface area contributed by atoms with Crippen molar-refractivity contribution < 1.29 is 10.2 Å². The highest BCUT2D eigenvalue weighted by Gasteiger charge is 2.07. The number of rotatable bonds is 1. The van der Waals surface area contributed by atoms with Crippen LogP contribution >= 0.6 is 15.9 Å². The van der Waals surface area contributed by atoms with E-state index < -0.39 is 0 Å². The van der Waals surface area contributed by atoms with Crippen molar-refractivity contribution in [2.75, 3.05) is 0 Å². The van der Waals surface area contributed by atoms with Gasteiger partial charge in [-0.25, -0.2) is 0 Å². The molecule has 0 aliphatic carbocycles. The first kappa shape index (κ1) is 8.86. The van der Waals surface area contributed by atoms with Crippen LogP contribution in [0.15, 0.2) is 21.7 Å². The van der Waals surface area contributed by atoms with E-state index in [4.69, 9.17) is 5.84 Å². The molecule has 4 N–H and O–H groups in total. The van der Waals surface area contributed by atoms with Gasteiger partial charge in [-0.2, -0.15) is 5.10 Å². The molecule has 5 heteroatoms. The second-order valence-corrected chi connectivity index (χ2v) is 2.97. The molecule has 0 radical (unpaired) electrons. The first-order chi connectivity index (χ1) is 5.66. The Kier molecular flexibility index (Phi) is 2.54. The minimum Gasteiger partial charge on any atom is -0.504 e. The molecule has 0 unspecified atom stereocenters. The average molecular weight is 231 g/mol. The fourth-order valence-corrected chi connectivity index (χ4v) is 1.08. The zero-order valence-corrected chi connectivity index (χ0v) is 7.62. The summed E-state index contributed by atoms with van der Waals surface area (Å²) in [5.41, 5.74) is 0.373. The van der Waals surface area contributed by atoms with E-state index in [0.717, 1.165) is 0 Å². The highest BCUT2D eigenvalue weighted by atomic mass is 79.9. The van der Waals surface area contributed by atoms with Crippen LogP contribution in [-0.4, -0.2) is 16.4 Å². The molecule has 64 valence electrons. The summed E-state index contributed by atoms with van der Waals surface area (Å²) in [6.45, 7) is 0. The summed E-state index contributed by atoms with van der Waals surface area (Å²) in [5, 5.41) is 21.7. The van der Waals surface area contributed by atoms with Crippen LogP contribution in [0.3, 0.4) is 0 Å². The van der Waals surface area contributed by atoms with Crippen molar-refractivity contribution in [1.29, 1.82) is 0 Å². The van der Waals surface area contributed by atoms with Gasteiger partial charge in [-0.1, -0.05) is 0 Å². The molecule has 0 amide bonds. The molecule has 12 heavy (non-hydrogen) atoms. The van der Waals surface area contributed by atoms with Gasteiger partial charge in [0.25, 0.3) is 0 Å². The van der Waals surface area contributed by atoms with Crippen LogP contribution in [0, 0.1) is 0 Å². The minimum absolute atomic E-state index is 0.215. The lowest BCUT2D eigenvalue weighted by molar-refractivity contribution is 0.401. The van der Waals surface area contributed by atoms with Gasteiger partial charge in [-0.05, 0) is 28.1 Å². The SMILES string of the molecule is NN=Cc1ccc(Br)c(O)c1O. The molecule has 0 heterocycles. The first-order valence-electron chi connectivity index (χ1n) is 3.10. The van der Waals surface area contributed by atoms with Gasteiger partial charge in [0.15, 0.2) is 11.5 Å². The van der Waals surface area contributed by atoms with Crippen molar-refractivity contribution in [1.82, 2.24) is 0 Å². The van der Waals surface area contributed by atoms with E-state index in [2.05, 4.69) is 21.0 Å². The zero-order chi connectivity index (χ0) is 9.14. The van der Waals surface area contributed by atoms with E-state index in [1.807, 2.05) is 0 Å². The fourth-order valence-electron chi connectivity index (χ4n) is 0.755. The third-order valence-corrected chi connectivity index (χ3v) is 1.99. The molecule has 0 aliphatic rings. The second-order valence-electron chi connectivity index (χ2n) is 2.11. The Morgan fingerprint density at radius 2 is 2.00 bits per heavy atom. The van der Waals surface area contributed by atoms with Crippen molar-refractivity contribution in [2.45, 2.75) is 0 Å². The lowest BCUT2D eigenvalue weighted by Gasteiger charge is -2.02. The Labute approximate surface area is 77.5 Å². The Balaban J connectivity index is 3.26. The van der Waals surface area contributed by atoms with Gasteiger partial charge in [-0.15, -0.1) is 0 Å². The fraction of sp³-hybridized carbons (Fsp3) is 0. The summed E-state index contributed by atoms with van der Waals surface area (Å²) >= 11 is 3.05. The number of hydrazone groups is 1. The summed E-state index contributed by atoms with van der Waals surface area (Å²) in [6, 6.07) is 3.17. The highest BCUT2D eigenvalue weighted by molar-refractivity contribution is 9.10. The van der Waals surface area contributed by atoms with Crippen LogP contribution < -0.4 is 5.84 Å². The Hall–Kier alpha value is -1.23. The number of phenolic OH excluding ortho intramolecular Hbond substituents is 2. The molecular weight excluding hydrogens is 224 g/mol. The van der Waals surface area contributed by atoms with E-state index in [9.17, 15) is 10.2 Å². The predicted octanol–water partition coefficient (Wildman–Crippen LogP) is 1.15. The van der Waals surface area contributed by atoms with E-state index in [0.29, 0.717) is 10.0 Å². The van der Waals surface area contributed by atoms with Crippen LogP contribution in [0.25, 0.3) is 0 Å². The number of hydrogen-bond acceptors (Lipinski definition) is 4. The van der Waals surface area contributed by atoms with Crippen molar-refractivity contribution in [3.63, 3.8) is 0 Å². The standard InChI is InChI=1S/C7H7BrN2O2/c8-5-2-1-4(3-10-9)6(11)7(5)12/h1-3,11-12H,9H2. The predicted molar refractivity (Wildman–Crippen MR) is 49.3 cm³/mol. The summed E-state index contributed by atoms with van der Waals surface area (Å²) in [6.07, 6.45) is 1.25. The van der Waals surface area contributed by atoms with Gasteiger partial charge in [0.05, 0.1) is 10.7 Å². The Morgan fingerprint density at radius 3 is 2.58 bits per heavy atom. The third kappa shape index (κ3) is 1.50. The van der Waals surface area contributed by atoms with Crippen LogP contribution in [-0.2, 0) is 0 Å². The summed E-state index contributed by atoms with van der Waals surface area (Å²) in [5.74, 6) is 4.43. The molecule has 1 rings (SSSR count). The minimum atomic E-state index is -0.237. The van der Waals surface area contributed by atoms with E-state index in [1.54, 1.807) is 12.1 Å². The first-order valence-corrected chi connectivity index (χ1v) is 3.89. The zero-order valence-electron chi connectivity index (χ0n) is 6.03. The summed E-state index contributed by atoms with van der Waals surface area (Å²) < 4.78 is 0.425. The largest absolute Gasteiger partial charge is 0.504 e. The number of phenols is 2. The third-order valence-electron chi connectivity index (χ3n) is 1.35. The van der Waals surface area contributed by atoms with Crippen molar-refractivity contribution in [3.05, 3.63) is 22.2 Å². The molecule has 0 saturated heterocycles. The van der Waals surface area contributed by atoms with Gasteiger partial charge in [-0.3, -0.25) is 0 Å². The normalized spacial score (nSPS) is 10.8. The molecule has 0 saturated carbocycles. The molecule has 1 aromatic rings. The Morgan fingerprint density at radius 1 is 1.33 bits per heavy atom. The molecule has 0 fully saturated rings. The van der Waals surface area contributed by atoms with Crippen LogP contribution in [0.4, 0.5) is 0 Å². The number of hydrogen-bond donors (Lipinski definition) is 3. The molecule has 0 atom stereocenters. The van der Waals surface area contributed by atoms with Crippen LogP contribution in [0.1, 0.15) is 5.56 Å². The topological polar surface area (TPSA) is 78.8 Å². The molecule has 0 bridgehead atoms. The molecule has 1 aromatic carbocycles. The number of aromatic hydroxyl groups is 2. The maximum absolute atomic E-state index is 9.28. The molecule has 0 aromatic heterocycles. The number of halogens is 1. The Bertz CT molecular complexity index is 325. The van der Waals surface area contributed by atoms with E-state index in [1.165, 1.54) is 6.21 Å². The highest BCUT2D eigenvalue weighted by Crippen LogP contribution is 2.34. The molecule has 0 spiro atoms. The lowest BCUT2D eigenvalue weighted by Crippen LogP contribution is -1.87. The van der Waals surface area contributed by atoms with Crippen molar-refractivity contribution in [2.24, 2.45) is 10.9 Å². The maximum Gasteiger partial charge on any atom is 0.172 e.